The zero-order valence-corrected chi connectivity index (χ0v) is 17.4. The van der Waals surface area contributed by atoms with Crippen LogP contribution in [0.25, 0.3) is 0 Å². The van der Waals surface area contributed by atoms with Crippen LogP contribution in [0.4, 0.5) is 0 Å². The van der Waals surface area contributed by atoms with Crippen LogP contribution in [-0.2, 0) is 9.47 Å². The smallest absolute Gasteiger partial charge is 0.0771 e. The van der Waals surface area contributed by atoms with Gasteiger partial charge in [-0.15, -0.1) is 11.6 Å². The van der Waals surface area contributed by atoms with Crippen molar-refractivity contribution in [2.45, 2.75) is 90.4 Å². The number of hydrogen-bond acceptors (Lipinski definition) is 3. The summed E-state index contributed by atoms with van der Waals surface area (Å²) in [6.45, 7) is 7.39. The lowest BCUT2D eigenvalue weighted by Gasteiger charge is -2.48. The first kappa shape index (κ1) is 21.5. The molecule has 2 saturated carbocycles. The molecule has 2 aliphatic rings. The Bertz CT molecular complexity index is 379. The Labute approximate surface area is 159 Å². The Kier molecular flexibility index (Phi) is 8.52. The molecular formula is C21H39ClO3. The maximum Gasteiger partial charge on any atom is 0.0771 e. The summed E-state index contributed by atoms with van der Waals surface area (Å²) in [6.07, 6.45) is 9.53. The molecule has 0 heterocycles. The van der Waals surface area contributed by atoms with Gasteiger partial charge in [-0.25, -0.2) is 0 Å². The first-order valence-electron chi connectivity index (χ1n) is 10.3. The minimum absolute atomic E-state index is 0.218. The molecule has 25 heavy (non-hydrogen) atoms. The van der Waals surface area contributed by atoms with Crippen molar-refractivity contribution in [1.29, 1.82) is 0 Å². The van der Waals surface area contributed by atoms with E-state index < -0.39 is 0 Å². The monoisotopic (exact) mass is 374 g/mol. The molecule has 0 aromatic carbocycles. The van der Waals surface area contributed by atoms with Crippen molar-refractivity contribution in [2.24, 2.45) is 23.2 Å². The lowest BCUT2D eigenvalue weighted by atomic mass is 9.59. The lowest BCUT2D eigenvalue weighted by Crippen LogP contribution is -2.43. The summed E-state index contributed by atoms with van der Waals surface area (Å²) >= 11 is 6.30. The highest BCUT2D eigenvalue weighted by Gasteiger charge is 2.43. The molecule has 4 atom stereocenters. The highest BCUT2D eigenvalue weighted by atomic mass is 35.5. The van der Waals surface area contributed by atoms with E-state index in [1.807, 2.05) is 14.0 Å². The fourth-order valence-corrected chi connectivity index (χ4v) is 5.35. The maximum atomic E-state index is 9.77. The molecule has 0 bridgehead atoms. The van der Waals surface area contributed by atoms with Gasteiger partial charge >= 0.3 is 0 Å². The van der Waals surface area contributed by atoms with Gasteiger partial charge in [0, 0.05) is 13.0 Å². The van der Waals surface area contributed by atoms with Gasteiger partial charge in [-0.2, -0.15) is 0 Å². The van der Waals surface area contributed by atoms with Crippen LogP contribution in [0.2, 0.25) is 0 Å². The summed E-state index contributed by atoms with van der Waals surface area (Å²) in [7, 11) is 1.85. The fraction of sp³-hybridized carbons (Fsp3) is 1.00. The number of methoxy groups -OCH3 is 1. The molecular weight excluding hydrogens is 336 g/mol. The highest BCUT2D eigenvalue weighted by Crippen LogP contribution is 2.50. The van der Waals surface area contributed by atoms with E-state index in [9.17, 15) is 5.11 Å². The second kappa shape index (κ2) is 9.92. The lowest BCUT2D eigenvalue weighted by molar-refractivity contribution is -0.0734. The number of hydrogen-bond donors (Lipinski definition) is 1. The van der Waals surface area contributed by atoms with E-state index in [0.29, 0.717) is 29.9 Å². The SMILES string of the molecule is CCC(O)COC1CCC(C(C)(C)C2CCC(OC)CC2)CC1CCl. The summed E-state index contributed by atoms with van der Waals surface area (Å²) in [5.74, 6) is 2.59. The topological polar surface area (TPSA) is 38.7 Å². The van der Waals surface area contributed by atoms with Gasteiger partial charge in [0.1, 0.15) is 0 Å². The first-order valence-corrected chi connectivity index (χ1v) is 10.8. The van der Waals surface area contributed by atoms with E-state index in [-0.39, 0.29) is 12.2 Å². The van der Waals surface area contributed by atoms with Gasteiger partial charge in [0.05, 0.1) is 24.9 Å². The van der Waals surface area contributed by atoms with Gasteiger partial charge < -0.3 is 14.6 Å². The number of halogens is 1. The normalized spacial score (nSPS) is 35.5. The predicted octanol–water partition coefficient (Wildman–Crippen LogP) is 5.03. The highest BCUT2D eigenvalue weighted by molar-refractivity contribution is 6.18. The molecule has 2 aliphatic carbocycles. The van der Waals surface area contributed by atoms with Crippen LogP contribution in [-0.4, -0.2) is 43.0 Å². The van der Waals surface area contributed by atoms with Crippen LogP contribution in [0.3, 0.4) is 0 Å². The van der Waals surface area contributed by atoms with Crippen molar-refractivity contribution in [1.82, 2.24) is 0 Å². The van der Waals surface area contributed by atoms with E-state index >= 15 is 0 Å². The Morgan fingerprint density at radius 2 is 1.72 bits per heavy atom. The van der Waals surface area contributed by atoms with Crippen LogP contribution in [0.1, 0.15) is 72.1 Å². The van der Waals surface area contributed by atoms with E-state index in [1.165, 1.54) is 32.1 Å². The second-order valence-corrected chi connectivity index (χ2v) is 9.20. The Balaban J connectivity index is 1.90. The van der Waals surface area contributed by atoms with Gasteiger partial charge in [-0.1, -0.05) is 20.8 Å². The van der Waals surface area contributed by atoms with Gasteiger partial charge in [0.2, 0.25) is 0 Å². The van der Waals surface area contributed by atoms with Gasteiger partial charge in [0.25, 0.3) is 0 Å². The molecule has 0 amide bonds. The average Bonchev–Trinajstić information content (AvgIpc) is 2.65. The standard InChI is InChI=1S/C21H39ClO3/c1-5-18(23)14-25-20-11-8-17(12-15(20)13-22)21(2,3)16-6-9-19(24-4)10-7-16/h15-20,23H,5-14H2,1-4H3. The molecule has 0 saturated heterocycles. The van der Waals surface area contributed by atoms with Crippen molar-refractivity contribution in [3.8, 4) is 0 Å². The third-order valence-electron chi connectivity index (χ3n) is 7.20. The quantitative estimate of drug-likeness (QED) is 0.605. The van der Waals surface area contributed by atoms with Crippen molar-refractivity contribution < 1.29 is 14.6 Å². The number of ether oxygens (including phenoxy) is 2. The zero-order chi connectivity index (χ0) is 18.4. The Hall–Kier alpha value is 0.170. The largest absolute Gasteiger partial charge is 0.391 e. The zero-order valence-electron chi connectivity index (χ0n) is 16.7. The molecule has 2 fully saturated rings. The van der Waals surface area contributed by atoms with E-state index in [0.717, 1.165) is 31.1 Å². The number of rotatable bonds is 8. The molecule has 0 aromatic rings. The van der Waals surface area contributed by atoms with E-state index in [2.05, 4.69) is 13.8 Å². The van der Waals surface area contributed by atoms with Crippen molar-refractivity contribution in [3.05, 3.63) is 0 Å². The third kappa shape index (κ3) is 5.57. The molecule has 0 radical (unpaired) electrons. The fourth-order valence-electron chi connectivity index (χ4n) is 5.02. The van der Waals surface area contributed by atoms with Crippen molar-refractivity contribution >= 4 is 11.6 Å². The molecule has 1 N–H and O–H groups in total. The summed E-state index contributed by atoms with van der Waals surface area (Å²) in [6, 6.07) is 0. The third-order valence-corrected chi connectivity index (χ3v) is 7.59. The second-order valence-electron chi connectivity index (χ2n) is 8.89. The van der Waals surface area contributed by atoms with Crippen LogP contribution in [0.15, 0.2) is 0 Å². The number of alkyl halides is 1. The van der Waals surface area contributed by atoms with Crippen molar-refractivity contribution in [3.63, 3.8) is 0 Å². The summed E-state index contributed by atoms with van der Waals surface area (Å²) in [5.41, 5.74) is 0.358. The van der Waals surface area contributed by atoms with Crippen LogP contribution >= 0.6 is 11.6 Å². The number of aliphatic hydroxyl groups is 1. The van der Waals surface area contributed by atoms with Crippen LogP contribution in [0, 0.1) is 23.2 Å². The number of aliphatic hydroxyl groups excluding tert-OH is 1. The Morgan fingerprint density at radius 1 is 1.08 bits per heavy atom. The molecule has 0 aliphatic heterocycles. The molecule has 4 unspecified atom stereocenters. The molecule has 0 spiro atoms. The van der Waals surface area contributed by atoms with Crippen LogP contribution < -0.4 is 0 Å². The maximum absolute atomic E-state index is 9.77. The molecule has 4 heteroatoms. The Morgan fingerprint density at radius 3 is 2.28 bits per heavy atom. The van der Waals surface area contributed by atoms with Crippen LogP contribution in [0.5, 0.6) is 0 Å². The summed E-state index contributed by atoms with van der Waals surface area (Å²) < 4.78 is 11.6. The summed E-state index contributed by atoms with van der Waals surface area (Å²) in [5, 5.41) is 9.77. The predicted molar refractivity (Wildman–Crippen MR) is 104 cm³/mol. The van der Waals surface area contributed by atoms with Gasteiger partial charge in [-0.3, -0.25) is 0 Å². The molecule has 3 nitrogen and oxygen atoms in total. The van der Waals surface area contributed by atoms with E-state index in [1.54, 1.807) is 0 Å². The summed E-state index contributed by atoms with van der Waals surface area (Å²) in [4.78, 5) is 0. The first-order chi connectivity index (χ1) is 11.9. The molecule has 2 rings (SSSR count). The van der Waals surface area contributed by atoms with Crippen molar-refractivity contribution in [2.75, 3.05) is 19.6 Å². The average molecular weight is 375 g/mol. The minimum Gasteiger partial charge on any atom is -0.391 e. The molecule has 0 aromatic heterocycles. The van der Waals surface area contributed by atoms with Gasteiger partial charge in [-0.05, 0) is 74.5 Å². The molecule has 148 valence electrons. The van der Waals surface area contributed by atoms with E-state index in [4.69, 9.17) is 21.1 Å². The minimum atomic E-state index is -0.346. The van der Waals surface area contributed by atoms with Gasteiger partial charge in [0.15, 0.2) is 0 Å².